The van der Waals surface area contributed by atoms with Crippen molar-refractivity contribution in [3.8, 4) is 5.75 Å². The van der Waals surface area contributed by atoms with Gasteiger partial charge in [-0.3, -0.25) is 4.79 Å². The maximum Gasteiger partial charge on any atom is 0.321 e. The second-order valence-corrected chi connectivity index (χ2v) is 8.17. The molecule has 166 valence electrons. The van der Waals surface area contributed by atoms with Gasteiger partial charge in [-0.15, -0.1) is 0 Å². The first-order valence-electron chi connectivity index (χ1n) is 10.8. The molecule has 0 saturated carbocycles. The number of piperidine rings is 1. The standard InChI is InChI=1S/C24H32N4O3/c1-27(2)21(20-11-7-8-12-22(20)31-3)17-25-23(29)18-13-15-28(16-14-18)24(30)26-19-9-5-4-6-10-19/h4-12,18,21H,13-17H2,1-3H3,(H,25,29)(H,26,30)/p+1/t21-/m0/s1. The number of nitrogens with one attached hydrogen (secondary N) is 3. The monoisotopic (exact) mass is 425 g/mol. The van der Waals surface area contributed by atoms with Crippen molar-refractivity contribution >= 4 is 17.6 Å². The van der Waals surface area contributed by atoms with Crippen molar-refractivity contribution in [2.24, 2.45) is 5.92 Å². The summed E-state index contributed by atoms with van der Waals surface area (Å²) < 4.78 is 5.51. The maximum absolute atomic E-state index is 12.8. The van der Waals surface area contributed by atoms with Crippen LogP contribution in [0, 0.1) is 5.92 Å². The number of benzene rings is 2. The van der Waals surface area contributed by atoms with Crippen molar-refractivity contribution in [3.05, 3.63) is 60.2 Å². The van der Waals surface area contributed by atoms with Gasteiger partial charge in [0.25, 0.3) is 0 Å². The zero-order valence-electron chi connectivity index (χ0n) is 18.6. The third kappa shape index (κ3) is 5.98. The van der Waals surface area contributed by atoms with E-state index in [0.29, 0.717) is 32.5 Å². The van der Waals surface area contributed by atoms with Gasteiger partial charge in [0.05, 0.1) is 33.3 Å². The van der Waals surface area contributed by atoms with Crippen molar-refractivity contribution in [3.63, 3.8) is 0 Å². The summed E-state index contributed by atoms with van der Waals surface area (Å²) in [6.07, 6.45) is 1.34. The number of methoxy groups -OCH3 is 1. The highest BCUT2D eigenvalue weighted by atomic mass is 16.5. The van der Waals surface area contributed by atoms with Gasteiger partial charge in [0.2, 0.25) is 5.91 Å². The first-order chi connectivity index (χ1) is 15.0. The van der Waals surface area contributed by atoms with Crippen molar-refractivity contribution < 1.29 is 19.2 Å². The summed E-state index contributed by atoms with van der Waals surface area (Å²) in [7, 11) is 5.82. The number of amides is 3. The Labute approximate surface area is 184 Å². The normalized spacial score (nSPS) is 15.4. The number of para-hydroxylation sites is 2. The first kappa shape index (κ1) is 22.6. The van der Waals surface area contributed by atoms with Gasteiger partial charge in [0, 0.05) is 24.7 Å². The zero-order chi connectivity index (χ0) is 22.2. The highest BCUT2D eigenvalue weighted by Gasteiger charge is 2.29. The van der Waals surface area contributed by atoms with Gasteiger partial charge in [-0.2, -0.15) is 0 Å². The fraction of sp³-hybridized carbons (Fsp3) is 0.417. The molecule has 3 amide bonds. The van der Waals surface area contributed by atoms with Crippen LogP contribution in [-0.2, 0) is 4.79 Å². The van der Waals surface area contributed by atoms with Gasteiger partial charge in [-0.1, -0.05) is 30.3 Å². The first-order valence-corrected chi connectivity index (χ1v) is 10.8. The van der Waals surface area contributed by atoms with Crippen LogP contribution in [0.4, 0.5) is 10.5 Å². The number of likely N-dealkylation sites (tertiary alicyclic amines) is 1. The molecular weight excluding hydrogens is 392 g/mol. The second kappa shape index (κ2) is 10.8. The minimum atomic E-state index is -0.113. The molecule has 2 aromatic carbocycles. The Bertz CT molecular complexity index is 864. The minimum absolute atomic E-state index is 0.0595. The Balaban J connectivity index is 1.50. The number of hydrogen-bond acceptors (Lipinski definition) is 3. The lowest BCUT2D eigenvalue weighted by molar-refractivity contribution is -0.890. The Morgan fingerprint density at radius 3 is 2.35 bits per heavy atom. The molecule has 0 bridgehead atoms. The summed E-state index contributed by atoms with van der Waals surface area (Å²) in [5, 5.41) is 6.04. The number of carbonyl (C=O) groups is 2. The average Bonchev–Trinajstić information content (AvgIpc) is 2.80. The Morgan fingerprint density at radius 2 is 1.71 bits per heavy atom. The topological polar surface area (TPSA) is 75.1 Å². The average molecular weight is 426 g/mol. The van der Waals surface area contributed by atoms with Gasteiger partial charge in [-0.05, 0) is 37.1 Å². The van der Waals surface area contributed by atoms with Crippen molar-refractivity contribution in [1.29, 1.82) is 0 Å². The van der Waals surface area contributed by atoms with Gasteiger partial charge in [0.15, 0.2) is 0 Å². The Morgan fingerprint density at radius 1 is 1.06 bits per heavy atom. The van der Waals surface area contributed by atoms with Crippen LogP contribution in [0.15, 0.2) is 54.6 Å². The lowest BCUT2D eigenvalue weighted by Gasteiger charge is -2.32. The molecular formula is C24H33N4O3+. The quantitative estimate of drug-likeness (QED) is 0.635. The van der Waals surface area contributed by atoms with E-state index in [2.05, 4.69) is 24.7 Å². The fourth-order valence-electron chi connectivity index (χ4n) is 4.00. The molecule has 3 N–H and O–H groups in total. The summed E-state index contributed by atoms with van der Waals surface area (Å²) in [5.74, 6) is 0.821. The number of ether oxygens (including phenoxy) is 1. The van der Waals surface area contributed by atoms with Gasteiger partial charge in [-0.25, -0.2) is 4.79 Å². The second-order valence-electron chi connectivity index (χ2n) is 8.17. The highest BCUT2D eigenvalue weighted by Crippen LogP contribution is 2.23. The number of likely N-dealkylation sites (N-methyl/N-ethyl adjacent to an activating group) is 1. The van der Waals surface area contributed by atoms with Crippen LogP contribution in [-0.4, -0.2) is 57.7 Å². The largest absolute Gasteiger partial charge is 0.496 e. The van der Waals surface area contributed by atoms with Crippen LogP contribution in [0.3, 0.4) is 0 Å². The van der Waals surface area contributed by atoms with E-state index in [-0.39, 0.29) is 23.9 Å². The molecule has 0 spiro atoms. The van der Waals surface area contributed by atoms with E-state index >= 15 is 0 Å². The summed E-state index contributed by atoms with van der Waals surface area (Å²) >= 11 is 0. The Hall–Kier alpha value is -3.06. The summed E-state index contributed by atoms with van der Waals surface area (Å²) in [6.45, 7) is 1.69. The molecule has 0 unspecified atom stereocenters. The van der Waals surface area contributed by atoms with Crippen LogP contribution in [0.1, 0.15) is 24.4 Å². The van der Waals surface area contributed by atoms with Crippen molar-refractivity contribution in [2.45, 2.75) is 18.9 Å². The van der Waals surface area contributed by atoms with E-state index in [1.807, 2.05) is 54.6 Å². The number of nitrogens with zero attached hydrogens (tertiary/aromatic N) is 1. The number of quaternary nitrogens is 1. The number of anilines is 1. The molecule has 7 heteroatoms. The maximum atomic E-state index is 12.8. The molecule has 1 fully saturated rings. The highest BCUT2D eigenvalue weighted by molar-refractivity contribution is 5.89. The summed E-state index contributed by atoms with van der Waals surface area (Å²) in [4.78, 5) is 28.3. The molecule has 7 nitrogen and oxygen atoms in total. The molecule has 1 heterocycles. The molecule has 3 rings (SSSR count). The van der Waals surface area contributed by atoms with E-state index in [1.54, 1.807) is 12.0 Å². The molecule has 0 aliphatic carbocycles. The predicted molar refractivity (Wildman–Crippen MR) is 121 cm³/mol. The molecule has 1 atom stereocenters. The molecule has 0 aromatic heterocycles. The van der Waals surface area contributed by atoms with E-state index in [9.17, 15) is 9.59 Å². The third-order valence-corrected chi connectivity index (χ3v) is 5.87. The Kier molecular flexibility index (Phi) is 7.89. The molecule has 1 saturated heterocycles. The van der Waals surface area contributed by atoms with Gasteiger partial charge >= 0.3 is 6.03 Å². The SMILES string of the molecule is COc1ccccc1[C@H](CNC(=O)C1CCN(C(=O)Nc2ccccc2)CC1)[NH+](C)C. The molecule has 2 aromatic rings. The van der Waals surface area contributed by atoms with Gasteiger partial charge < -0.3 is 25.2 Å². The van der Waals surface area contributed by atoms with Crippen LogP contribution >= 0.6 is 0 Å². The fourth-order valence-corrected chi connectivity index (χ4v) is 4.00. The number of urea groups is 1. The van der Waals surface area contributed by atoms with E-state index in [4.69, 9.17) is 4.74 Å². The van der Waals surface area contributed by atoms with Crippen molar-refractivity contribution in [2.75, 3.05) is 46.2 Å². The van der Waals surface area contributed by atoms with Crippen LogP contribution in [0.2, 0.25) is 0 Å². The number of carbonyl (C=O) groups excluding carboxylic acids is 2. The minimum Gasteiger partial charge on any atom is -0.496 e. The van der Waals surface area contributed by atoms with Crippen LogP contribution in [0.5, 0.6) is 5.75 Å². The predicted octanol–water partition coefficient (Wildman–Crippen LogP) is 1.94. The lowest BCUT2D eigenvalue weighted by atomic mass is 9.95. The number of rotatable bonds is 7. The van der Waals surface area contributed by atoms with Crippen LogP contribution in [0.25, 0.3) is 0 Å². The van der Waals surface area contributed by atoms with Gasteiger partial charge in [0.1, 0.15) is 11.8 Å². The van der Waals surface area contributed by atoms with Crippen LogP contribution < -0.4 is 20.3 Å². The zero-order valence-corrected chi connectivity index (χ0v) is 18.6. The van der Waals surface area contributed by atoms with E-state index in [0.717, 1.165) is 17.0 Å². The molecule has 0 radical (unpaired) electrons. The molecule has 1 aliphatic heterocycles. The lowest BCUT2D eigenvalue weighted by Crippen LogP contribution is -3.07. The van der Waals surface area contributed by atoms with Crippen molar-refractivity contribution in [1.82, 2.24) is 10.2 Å². The summed E-state index contributed by atoms with van der Waals surface area (Å²) in [5.41, 5.74) is 1.86. The third-order valence-electron chi connectivity index (χ3n) is 5.87. The van der Waals surface area contributed by atoms with E-state index < -0.39 is 0 Å². The molecule has 1 aliphatic rings. The summed E-state index contributed by atoms with van der Waals surface area (Å²) in [6, 6.07) is 17.3. The molecule has 31 heavy (non-hydrogen) atoms. The smallest absolute Gasteiger partial charge is 0.321 e. The van der Waals surface area contributed by atoms with E-state index in [1.165, 1.54) is 4.90 Å². The number of hydrogen-bond donors (Lipinski definition) is 3.